The Morgan fingerprint density at radius 1 is 1.12 bits per heavy atom. The third-order valence-electron chi connectivity index (χ3n) is 4.38. The van der Waals surface area contributed by atoms with Crippen LogP contribution in [-0.4, -0.2) is 19.7 Å². The van der Waals surface area contributed by atoms with E-state index in [1.807, 2.05) is 0 Å². The average Bonchev–Trinajstić information content (AvgIpc) is 2.92. The molecule has 2 aromatic heterocycles. The van der Waals surface area contributed by atoms with Crippen molar-refractivity contribution in [2.24, 2.45) is 0 Å². The topological polar surface area (TPSA) is 80.1 Å². The minimum atomic E-state index is -3.41. The SMILES string of the molecule is Cc1c(-c2cccc(S(C)(=O)=O)c2)c2oc3ccc(F)cc3c2[nH]c1=O. The van der Waals surface area contributed by atoms with E-state index in [0.717, 1.165) is 6.26 Å². The number of furan rings is 1. The van der Waals surface area contributed by atoms with Crippen LogP contribution in [0.25, 0.3) is 33.2 Å². The van der Waals surface area contributed by atoms with E-state index >= 15 is 0 Å². The first-order valence-corrected chi connectivity index (χ1v) is 9.70. The van der Waals surface area contributed by atoms with Crippen LogP contribution >= 0.6 is 0 Å². The molecule has 0 fully saturated rings. The number of sulfone groups is 1. The van der Waals surface area contributed by atoms with Gasteiger partial charge in [0.25, 0.3) is 5.56 Å². The molecule has 5 nitrogen and oxygen atoms in total. The van der Waals surface area contributed by atoms with E-state index in [1.165, 1.54) is 30.3 Å². The first-order valence-electron chi connectivity index (χ1n) is 7.81. The monoisotopic (exact) mass is 371 g/mol. The second-order valence-electron chi connectivity index (χ2n) is 6.20. The molecule has 0 atom stereocenters. The Bertz CT molecular complexity index is 1350. The van der Waals surface area contributed by atoms with Crippen LogP contribution in [0.3, 0.4) is 0 Å². The molecule has 0 radical (unpaired) electrons. The number of rotatable bonds is 2. The van der Waals surface area contributed by atoms with Gasteiger partial charge in [-0.3, -0.25) is 4.79 Å². The van der Waals surface area contributed by atoms with E-state index in [1.54, 1.807) is 19.1 Å². The molecule has 7 heteroatoms. The number of pyridine rings is 1. The maximum Gasteiger partial charge on any atom is 0.252 e. The fourth-order valence-corrected chi connectivity index (χ4v) is 3.76. The molecule has 0 unspecified atom stereocenters. The van der Waals surface area contributed by atoms with E-state index in [0.29, 0.717) is 38.8 Å². The van der Waals surface area contributed by atoms with Crippen LogP contribution in [0.15, 0.2) is 56.6 Å². The van der Waals surface area contributed by atoms with Crippen molar-refractivity contribution in [3.8, 4) is 11.1 Å². The van der Waals surface area contributed by atoms with Crippen LogP contribution in [0.4, 0.5) is 4.39 Å². The van der Waals surface area contributed by atoms with Crippen LogP contribution in [0.5, 0.6) is 0 Å². The quantitative estimate of drug-likeness (QED) is 0.581. The molecule has 4 rings (SSSR count). The summed E-state index contributed by atoms with van der Waals surface area (Å²) in [6, 6.07) is 10.4. The Labute approximate surface area is 148 Å². The second-order valence-corrected chi connectivity index (χ2v) is 8.22. The van der Waals surface area contributed by atoms with E-state index < -0.39 is 15.7 Å². The Morgan fingerprint density at radius 3 is 2.62 bits per heavy atom. The maximum absolute atomic E-state index is 13.6. The standard InChI is InChI=1S/C19H14FNO4S/c1-10-16(11-4-3-5-13(8-11)26(2,23)24)18-17(21-19(10)22)14-9-12(20)6-7-15(14)25-18/h3-9H,1-2H3,(H,21,22). The third-order valence-corrected chi connectivity index (χ3v) is 5.49. The largest absolute Gasteiger partial charge is 0.454 e. The summed E-state index contributed by atoms with van der Waals surface area (Å²) >= 11 is 0. The third kappa shape index (κ3) is 2.52. The van der Waals surface area contributed by atoms with E-state index in [-0.39, 0.29) is 10.5 Å². The number of hydrogen-bond acceptors (Lipinski definition) is 4. The van der Waals surface area contributed by atoms with Gasteiger partial charge in [-0.15, -0.1) is 0 Å². The number of aromatic nitrogens is 1. The molecule has 0 bridgehead atoms. The van der Waals surface area contributed by atoms with Gasteiger partial charge in [0.2, 0.25) is 0 Å². The minimum absolute atomic E-state index is 0.144. The Hall–Kier alpha value is -2.93. The van der Waals surface area contributed by atoms with Gasteiger partial charge in [0.15, 0.2) is 15.4 Å². The molecule has 0 aliphatic rings. The summed E-state index contributed by atoms with van der Waals surface area (Å²) in [7, 11) is -3.41. The van der Waals surface area contributed by atoms with Gasteiger partial charge < -0.3 is 9.40 Å². The lowest BCUT2D eigenvalue weighted by Crippen LogP contribution is -2.10. The van der Waals surface area contributed by atoms with Crippen LogP contribution in [0.2, 0.25) is 0 Å². The highest BCUT2D eigenvalue weighted by molar-refractivity contribution is 7.90. The molecule has 0 aliphatic carbocycles. The lowest BCUT2D eigenvalue weighted by Gasteiger charge is -2.08. The number of H-pyrrole nitrogens is 1. The average molecular weight is 371 g/mol. The normalized spacial score (nSPS) is 12.1. The molecule has 1 N–H and O–H groups in total. The highest BCUT2D eigenvalue weighted by Crippen LogP contribution is 2.36. The van der Waals surface area contributed by atoms with Gasteiger partial charge in [0, 0.05) is 22.8 Å². The number of benzene rings is 2. The molecule has 0 saturated heterocycles. The minimum Gasteiger partial charge on any atom is -0.454 e. The summed E-state index contributed by atoms with van der Waals surface area (Å²) in [5.41, 5.74) is 2.28. The zero-order chi connectivity index (χ0) is 18.6. The number of nitrogens with one attached hydrogen (secondary N) is 1. The molecule has 2 aromatic carbocycles. The second kappa shape index (κ2) is 5.54. The van der Waals surface area contributed by atoms with Crippen molar-refractivity contribution in [2.45, 2.75) is 11.8 Å². The summed E-state index contributed by atoms with van der Waals surface area (Å²) in [6.07, 6.45) is 1.12. The van der Waals surface area contributed by atoms with E-state index in [9.17, 15) is 17.6 Å². The van der Waals surface area contributed by atoms with E-state index in [4.69, 9.17) is 4.42 Å². The number of halogens is 1. The van der Waals surface area contributed by atoms with Gasteiger partial charge in [-0.1, -0.05) is 12.1 Å². The van der Waals surface area contributed by atoms with E-state index in [2.05, 4.69) is 4.98 Å². The highest BCUT2D eigenvalue weighted by atomic mass is 32.2. The van der Waals surface area contributed by atoms with Gasteiger partial charge in [-0.2, -0.15) is 0 Å². The van der Waals surface area contributed by atoms with Crippen LogP contribution in [-0.2, 0) is 9.84 Å². The zero-order valence-electron chi connectivity index (χ0n) is 14.0. The predicted octanol–water partition coefficient (Wildman–Crippen LogP) is 3.79. The molecule has 2 heterocycles. The summed E-state index contributed by atoms with van der Waals surface area (Å²) < 4.78 is 43.3. The molecular weight excluding hydrogens is 357 g/mol. The van der Waals surface area contributed by atoms with Crippen molar-refractivity contribution in [3.05, 3.63) is 64.2 Å². The Balaban J connectivity index is 2.14. The molecule has 4 aromatic rings. The van der Waals surface area contributed by atoms with Gasteiger partial charge in [-0.05, 0) is 42.8 Å². The van der Waals surface area contributed by atoms with Gasteiger partial charge in [0.05, 0.1) is 10.4 Å². The van der Waals surface area contributed by atoms with Gasteiger partial charge in [0.1, 0.15) is 11.4 Å². The zero-order valence-corrected chi connectivity index (χ0v) is 14.8. The molecular formula is C19H14FNO4S. The summed E-state index contributed by atoms with van der Waals surface area (Å²) in [6.45, 7) is 1.63. The van der Waals surface area contributed by atoms with Crippen molar-refractivity contribution in [2.75, 3.05) is 6.26 Å². The first-order chi connectivity index (χ1) is 12.3. The molecule has 0 saturated carbocycles. The van der Waals surface area contributed by atoms with Crippen molar-refractivity contribution < 1.29 is 17.2 Å². The Kier molecular flexibility index (Phi) is 3.52. The molecule has 26 heavy (non-hydrogen) atoms. The van der Waals surface area contributed by atoms with Crippen molar-refractivity contribution >= 4 is 31.9 Å². The molecule has 0 amide bonds. The summed E-state index contributed by atoms with van der Waals surface area (Å²) in [5.74, 6) is -0.442. The summed E-state index contributed by atoms with van der Waals surface area (Å²) in [4.78, 5) is 15.3. The molecule has 0 aliphatic heterocycles. The fraction of sp³-hybridized carbons (Fsp3) is 0.105. The number of hydrogen-bond donors (Lipinski definition) is 1. The Morgan fingerprint density at radius 2 is 1.88 bits per heavy atom. The van der Waals surface area contributed by atoms with Gasteiger partial charge in [-0.25, -0.2) is 12.8 Å². The maximum atomic E-state index is 13.6. The smallest absolute Gasteiger partial charge is 0.252 e. The number of fused-ring (bicyclic) bond motifs is 3. The highest BCUT2D eigenvalue weighted by Gasteiger charge is 2.19. The van der Waals surface area contributed by atoms with Crippen molar-refractivity contribution in [1.82, 2.24) is 4.98 Å². The van der Waals surface area contributed by atoms with Crippen molar-refractivity contribution in [1.29, 1.82) is 0 Å². The van der Waals surface area contributed by atoms with Gasteiger partial charge >= 0.3 is 0 Å². The fourth-order valence-electron chi connectivity index (χ4n) is 3.09. The summed E-state index contributed by atoms with van der Waals surface area (Å²) in [5, 5.41) is 0.456. The number of aromatic amines is 1. The molecule has 132 valence electrons. The lowest BCUT2D eigenvalue weighted by atomic mass is 10.0. The van der Waals surface area contributed by atoms with Crippen LogP contribution in [0.1, 0.15) is 5.56 Å². The van der Waals surface area contributed by atoms with Crippen LogP contribution in [0, 0.1) is 12.7 Å². The first kappa shape index (κ1) is 16.5. The lowest BCUT2D eigenvalue weighted by molar-refractivity contribution is 0.602. The van der Waals surface area contributed by atoms with Crippen LogP contribution < -0.4 is 5.56 Å². The predicted molar refractivity (Wildman–Crippen MR) is 97.6 cm³/mol. The molecule has 0 spiro atoms. The van der Waals surface area contributed by atoms with Crippen molar-refractivity contribution in [3.63, 3.8) is 0 Å².